The molecule has 0 aliphatic carbocycles. The van der Waals surface area contributed by atoms with Gasteiger partial charge in [-0.1, -0.05) is 29.8 Å². The van der Waals surface area contributed by atoms with E-state index in [0.29, 0.717) is 23.8 Å². The van der Waals surface area contributed by atoms with E-state index in [0.717, 1.165) is 51.3 Å². The zero-order valence-corrected chi connectivity index (χ0v) is 21.5. The molecule has 2 aliphatic heterocycles. The van der Waals surface area contributed by atoms with Gasteiger partial charge in [0.05, 0.1) is 4.90 Å². The normalized spacial score (nSPS) is 17.6. The minimum absolute atomic E-state index is 0.234. The molecular weight excluding hydrogens is 474 g/mol. The van der Waals surface area contributed by atoms with E-state index >= 15 is 0 Å². The van der Waals surface area contributed by atoms with Gasteiger partial charge in [0.2, 0.25) is 15.8 Å². The predicted octanol–water partition coefficient (Wildman–Crippen LogP) is 4.15. The quantitative estimate of drug-likeness (QED) is 0.411. The third kappa shape index (κ3) is 6.39. The summed E-state index contributed by atoms with van der Waals surface area (Å²) in [6, 6.07) is 14.9. The number of piperidine rings is 1. The van der Waals surface area contributed by atoms with Crippen LogP contribution in [0.1, 0.15) is 44.1 Å². The summed E-state index contributed by atoms with van der Waals surface area (Å²) in [5.74, 6) is 0.899. The molecule has 0 bridgehead atoms. The third-order valence-electron chi connectivity index (χ3n) is 7.02. The smallest absolute Gasteiger partial charge is 0.258 e. The zero-order valence-electron chi connectivity index (χ0n) is 20.7. The Morgan fingerprint density at radius 3 is 2.36 bits per heavy atom. The van der Waals surface area contributed by atoms with E-state index in [4.69, 9.17) is 4.52 Å². The van der Waals surface area contributed by atoms with Gasteiger partial charge in [-0.2, -0.15) is 4.98 Å². The van der Waals surface area contributed by atoms with Gasteiger partial charge < -0.3 is 9.42 Å². The number of aromatic nitrogens is 2. The first-order valence-electron chi connectivity index (χ1n) is 13.0. The average molecular weight is 510 g/mol. The lowest BCUT2D eigenvalue weighted by Crippen LogP contribution is -2.29. The summed E-state index contributed by atoms with van der Waals surface area (Å²) in [7, 11) is -3.55. The van der Waals surface area contributed by atoms with Crippen molar-refractivity contribution in [3.8, 4) is 22.8 Å². The summed E-state index contributed by atoms with van der Waals surface area (Å²) >= 11 is 0. The average Bonchev–Trinajstić information content (AvgIpc) is 3.60. The molecule has 0 radical (unpaired) electrons. The van der Waals surface area contributed by atoms with Crippen molar-refractivity contribution in [3.63, 3.8) is 0 Å². The van der Waals surface area contributed by atoms with Gasteiger partial charge in [0.25, 0.3) is 5.89 Å². The fourth-order valence-corrected chi connectivity index (χ4v) is 6.09. The third-order valence-corrected chi connectivity index (χ3v) is 8.50. The minimum Gasteiger partial charge on any atom is -0.334 e. The van der Waals surface area contributed by atoms with E-state index in [1.54, 1.807) is 24.3 Å². The second-order valence-electron chi connectivity index (χ2n) is 9.78. The van der Waals surface area contributed by atoms with Gasteiger partial charge in [-0.25, -0.2) is 13.1 Å². The van der Waals surface area contributed by atoms with Crippen molar-refractivity contribution in [2.75, 3.05) is 39.3 Å². The van der Waals surface area contributed by atoms with Crippen LogP contribution in [-0.2, 0) is 16.6 Å². The van der Waals surface area contributed by atoms with Crippen molar-refractivity contribution in [3.05, 3.63) is 54.1 Å². The second kappa shape index (κ2) is 11.6. The van der Waals surface area contributed by atoms with Crippen LogP contribution in [0.15, 0.2) is 57.9 Å². The Labute approximate surface area is 213 Å². The molecule has 1 N–H and O–H groups in total. The summed E-state index contributed by atoms with van der Waals surface area (Å²) in [4.78, 5) is 9.67. The zero-order chi connectivity index (χ0) is 24.8. The molecule has 2 fully saturated rings. The van der Waals surface area contributed by atoms with E-state index < -0.39 is 10.0 Å². The van der Waals surface area contributed by atoms with Crippen molar-refractivity contribution in [1.29, 1.82) is 0 Å². The second-order valence-corrected chi connectivity index (χ2v) is 11.6. The van der Waals surface area contributed by atoms with Gasteiger partial charge >= 0.3 is 0 Å². The van der Waals surface area contributed by atoms with Gasteiger partial charge in [0.15, 0.2) is 0 Å². The molecule has 0 spiro atoms. The molecule has 3 aromatic rings. The first-order chi connectivity index (χ1) is 17.6. The number of nitrogens with one attached hydrogen (secondary N) is 1. The lowest BCUT2D eigenvalue weighted by molar-refractivity contribution is 0.221. The molecule has 2 saturated heterocycles. The van der Waals surface area contributed by atoms with Crippen LogP contribution >= 0.6 is 0 Å². The maximum absolute atomic E-state index is 12.7. The van der Waals surface area contributed by atoms with Gasteiger partial charge in [0.1, 0.15) is 0 Å². The van der Waals surface area contributed by atoms with Gasteiger partial charge in [0, 0.05) is 24.2 Å². The van der Waals surface area contributed by atoms with Gasteiger partial charge in [-0.3, -0.25) is 4.90 Å². The van der Waals surface area contributed by atoms with Crippen LogP contribution in [-0.4, -0.2) is 67.6 Å². The van der Waals surface area contributed by atoms with Gasteiger partial charge in [-0.15, -0.1) is 0 Å². The van der Waals surface area contributed by atoms with Crippen molar-refractivity contribution >= 4 is 10.0 Å². The molecule has 2 aliphatic rings. The Bertz CT molecular complexity index is 1230. The van der Waals surface area contributed by atoms with Crippen molar-refractivity contribution < 1.29 is 12.9 Å². The number of sulfonamides is 1. The number of likely N-dealkylation sites (tertiary alicyclic amines) is 2. The molecule has 36 heavy (non-hydrogen) atoms. The van der Waals surface area contributed by atoms with Crippen LogP contribution in [0.2, 0.25) is 0 Å². The first kappa shape index (κ1) is 25.1. The Hall–Kier alpha value is -2.59. The number of rotatable bonds is 10. The van der Waals surface area contributed by atoms with Crippen LogP contribution in [0.25, 0.3) is 22.8 Å². The molecule has 3 heterocycles. The summed E-state index contributed by atoms with van der Waals surface area (Å²) in [5.41, 5.74) is 2.84. The summed E-state index contributed by atoms with van der Waals surface area (Å²) in [6.45, 7) is 6.84. The number of benzene rings is 2. The van der Waals surface area contributed by atoms with Crippen molar-refractivity contribution in [1.82, 2.24) is 24.7 Å². The van der Waals surface area contributed by atoms with Crippen LogP contribution in [0, 0.1) is 0 Å². The van der Waals surface area contributed by atoms with Crippen molar-refractivity contribution in [2.45, 2.75) is 50.0 Å². The minimum atomic E-state index is -3.55. The molecule has 1 aromatic heterocycles. The summed E-state index contributed by atoms with van der Waals surface area (Å²) < 4.78 is 33.5. The monoisotopic (exact) mass is 509 g/mol. The summed E-state index contributed by atoms with van der Waals surface area (Å²) in [6.07, 6.45) is 7.15. The van der Waals surface area contributed by atoms with Crippen LogP contribution in [0.4, 0.5) is 0 Å². The maximum atomic E-state index is 12.7. The molecule has 0 saturated carbocycles. The molecule has 0 unspecified atom stereocenters. The Morgan fingerprint density at radius 2 is 1.58 bits per heavy atom. The molecule has 8 nitrogen and oxygen atoms in total. The van der Waals surface area contributed by atoms with E-state index in [2.05, 4.69) is 36.8 Å². The molecule has 0 amide bonds. The largest absolute Gasteiger partial charge is 0.334 e. The van der Waals surface area contributed by atoms with E-state index in [1.165, 1.54) is 37.7 Å². The Kier molecular flexibility index (Phi) is 8.11. The highest BCUT2D eigenvalue weighted by atomic mass is 32.2. The molecular formula is C27H35N5O3S. The Balaban J connectivity index is 1.19. The van der Waals surface area contributed by atoms with Crippen LogP contribution < -0.4 is 4.72 Å². The molecule has 5 rings (SSSR count). The molecule has 9 heteroatoms. The van der Waals surface area contributed by atoms with Crippen LogP contribution in [0.5, 0.6) is 0 Å². The highest BCUT2D eigenvalue weighted by Crippen LogP contribution is 2.25. The standard InChI is InChI=1S/C27H35N5O3S/c33-36(34,28-14-7-19-31-15-4-5-16-31)25-12-10-23(11-13-25)27-29-26(30-35-27)24-9-6-8-22(20-24)21-32-17-2-1-3-18-32/h6,8-13,20,28H,1-5,7,14-19,21H2. The van der Waals surface area contributed by atoms with Crippen molar-refractivity contribution in [2.24, 2.45) is 0 Å². The Morgan fingerprint density at radius 1 is 0.861 bits per heavy atom. The van der Waals surface area contributed by atoms with E-state index in [1.807, 2.05) is 12.1 Å². The SMILES string of the molecule is O=S(=O)(NCCCN1CCCC1)c1ccc(-c2nc(-c3cccc(CN4CCCCC4)c3)no2)cc1. The molecule has 192 valence electrons. The lowest BCUT2D eigenvalue weighted by Gasteiger charge is -2.26. The fourth-order valence-electron chi connectivity index (χ4n) is 5.02. The summed E-state index contributed by atoms with van der Waals surface area (Å²) in [5, 5.41) is 4.17. The maximum Gasteiger partial charge on any atom is 0.258 e. The first-order valence-corrected chi connectivity index (χ1v) is 14.5. The van der Waals surface area contributed by atoms with Crippen LogP contribution in [0.3, 0.4) is 0 Å². The highest BCUT2D eigenvalue weighted by molar-refractivity contribution is 7.89. The molecule has 2 aromatic carbocycles. The topological polar surface area (TPSA) is 91.6 Å². The van der Waals surface area contributed by atoms with E-state index in [-0.39, 0.29) is 4.90 Å². The number of nitrogens with zero attached hydrogens (tertiary/aromatic N) is 4. The number of hydrogen-bond donors (Lipinski definition) is 1. The highest BCUT2D eigenvalue weighted by Gasteiger charge is 2.17. The fraction of sp³-hybridized carbons (Fsp3) is 0.481. The van der Waals surface area contributed by atoms with E-state index in [9.17, 15) is 8.42 Å². The van der Waals surface area contributed by atoms with Gasteiger partial charge in [-0.05, 0) is 101 Å². The number of hydrogen-bond acceptors (Lipinski definition) is 7. The molecule has 0 atom stereocenters. The predicted molar refractivity (Wildman–Crippen MR) is 140 cm³/mol. The lowest BCUT2D eigenvalue weighted by atomic mass is 10.1.